The number of nitrogens with one attached hydrogen (secondary N) is 2. The summed E-state index contributed by atoms with van der Waals surface area (Å²) < 4.78 is 29.3. The fourth-order valence-corrected chi connectivity index (χ4v) is 2.59. The average molecular weight is 362 g/mol. The second-order valence-corrected chi connectivity index (χ2v) is 6.14. The van der Waals surface area contributed by atoms with Crippen molar-refractivity contribution in [3.8, 4) is 5.75 Å². The second-order valence-electron chi connectivity index (χ2n) is 6.14. The molecule has 0 atom stereocenters. The van der Waals surface area contributed by atoms with Crippen molar-refractivity contribution >= 4 is 6.03 Å². The van der Waals surface area contributed by atoms with E-state index in [4.69, 9.17) is 4.74 Å². The van der Waals surface area contributed by atoms with Gasteiger partial charge in [0, 0.05) is 13.1 Å². The summed E-state index contributed by atoms with van der Waals surface area (Å²) in [5, 5.41) is 5.56. The molecule has 2 aromatic carbocycles. The lowest BCUT2D eigenvalue weighted by molar-refractivity contribution is 0.0818. The molecule has 4 nitrogen and oxygen atoms in total. The minimum Gasteiger partial charge on any atom is -0.488 e. The number of hydrogen-bond acceptors (Lipinski definition) is 2. The van der Waals surface area contributed by atoms with Crippen LogP contribution in [0.4, 0.5) is 13.6 Å². The molecule has 0 fully saturated rings. The Morgan fingerprint density at radius 2 is 1.92 bits per heavy atom. The van der Waals surface area contributed by atoms with Crippen molar-refractivity contribution in [3.05, 3.63) is 64.7 Å². The fraction of sp³-hybridized carbons (Fsp3) is 0.350. The maximum atomic E-state index is 12.2. The highest BCUT2D eigenvalue weighted by molar-refractivity contribution is 5.73. The molecule has 2 amide bonds. The van der Waals surface area contributed by atoms with Crippen LogP contribution in [0.3, 0.4) is 0 Å². The third-order valence-electron chi connectivity index (χ3n) is 3.91. The lowest BCUT2D eigenvalue weighted by Crippen LogP contribution is -2.36. The molecule has 0 aliphatic heterocycles. The first-order chi connectivity index (χ1) is 12.4. The zero-order valence-corrected chi connectivity index (χ0v) is 15.0. The van der Waals surface area contributed by atoms with Gasteiger partial charge < -0.3 is 15.4 Å². The molecule has 2 rings (SSSR count). The molecule has 0 aromatic heterocycles. The number of carbonyl (C=O) groups excluding carboxylic acids is 1. The van der Waals surface area contributed by atoms with Crippen LogP contribution in [0.1, 0.15) is 22.3 Å². The highest BCUT2D eigenvalue weighted by Gasteiger charge is 2.05. The van der Waals surface area contributed by atoms with Crippen molar-refractivity contribution in [2.75, 3.05) is 13.2 Å². The molecule has 0 radical (unpaired) electrons. The van der Waals surface area contributed by atoms with E-state index in [2.05, 4.69) is 42.7 Å². The van der Waals surface area contributed by atoms with Gasteiger partial charge in [-0.2, -0.15) is 0 Å². The monoisotopic (exact) mass is 362 g/mol. The van der Waals surface area contributed by atoms with E-state index in [1.54, 1.807) is 24.3 Å². The molecule has 0 heterocycles. The van der Waals surface area contributed by atoms with E-state index in [1.165, 1.54) is 16.7 Å². The van der Waals surface area contributed by atoms with Crippen molar-refractivity contribution in [2.45, 2.75) is 33.2 Å². The fourth-order valence-electron chi connectivity index (χ4n) is 2.59. The van der Waals surface area contributed by atoms with Crippen LogP contribution in [0.25, 0.3) is 0 Å². The molecular formula is C20H24F2N2O2. The van der Waals surface area contributed by atoms with E-state index in [0.717, 1.165) is 12.0 Å². The molecule has 2 N–H and O–H groups in total. The maximum absolute atomic E-state index is 12.2. The summed E-state index contributed by atoms with van der Waals surface area (Å²) in [6.07, 6.45) is -1.75. The molecule has 26 heavy (non-hydrogen) atoms. The Labute approximate surface area is 152 Å². The van der Waals surface area contributed by atoms with Crippen molar-refractivity contribution in [3.63, 3.8) is 0 Å². The summed E-state index contributed by atoms with van der Waals surface area (Å²) in [5.74, 6) is 0.361. The number of ether oxygens (including phenoxy) is 1. The quantitative estimate of drug-likeness (QED) is 0.746. The Morgan fingerprint density at radius 3 is 2.65 bits per heavy atom. The molecule has 0 aliphatic carbocycles. The predicted octanol–water partition coefficient (Wildman–Crippen LogP) is 3.99. The van der Waals surface area contributed by atoms with E-state index in [-0.39, 0.29) is 6.03 Å². The zero-order chi connectivity index (χ0) is 18.9. The molecule has 2 aromatic rings. The van der Waals surface area contributed by atoms with Crippen molar-refractivity contribution in [2.24, 2.45) is 0 Å². The van der Waals surface area contributed by atoms with Gasteiger partial charge in [0.1, 0.15) is 12.4 Å². The van der Waals surface area contributed by atoms with Crippen LogP contribution >= 0.6 is 0 Å². The third kappa shape index (κ3) is 6.70. The summed E-state index contributed by atoms with van der Waals surface area (Å²) in [7, 11) is 0. The normalized spacial score (nSPS) is 10.7. The number of carbonyl (C=O) groups is 1. The maximum Gasteiger partial charge on any atom is 0.315 e. The molecule has 0 aliphatic rings. The number of urea groups is 1. The first-order valence-electron chi connectivity index (χ1n) is 8.52. The van der Waals surface area contributed by atoms with Gasteiger partial charge in [0.25, 0.3) is 6.43 Å². The molecule has 6 heteroatoms. The van der Waals surface area contributed by atoms with Crippen molar-refractivity contribution < 1.29 is 18.3 Å². The van der Waals surface area contributed by atoms with Crippen LogP contribution < -0.4 is 15.4 Å². The van der Waals surface area contributed by atoms with Gasteiger partial charge in [-0.3, -0.25) is 0 Å². The summed E-state index contributed by atoms with van der Waals surface area (Å²) in [6, 6.07) is 12.7. The SMILES string of the molecule is Cc1ccc(CCNC(=O)NCc2cccc(OCC(F)F)c2)c(C)c1. The number of halogens is 2. The Morgan fingerprint density at radius 1 is 1.12 bits per heavy atom. The number of alkyl halides is 2. The lowest BCUT2D eigenvalue weighted by Gasteiger charge is -2.11. The molecule has 0 unspecified atom stereocenters. The van der Waals surface area contributed by atoms with E-state index in [1.807, 2.05) is 0 Å². The van der Waals surface area contributed by atoms with E-state index < -0.39 is 13.0 Å². The predicted molar refractivity (Wildman–Crippen MR) is 97.8 cm³/mol. The summed E-state index contributed by atoms with van der Waals surface area (Å²) in [5.41, 5.74) is 4.42. The molecule has 0 spiro atoms. The number of benzene rings is 2. The molecule has 0 bridgehead atoms. The van der Waals surface area contributed by atoms with Crippen LogP contribution in [0.15, 0.2) is 42.5 Å². The number of hydrogen-bond donors (Lipinski definition) is 2. The molecule has 0 saturated heterocycles. The Balaban J connectivity index is 1.74. The number of amides is 2. The summed E-state index contributed by atoms with van der Waals surface area (Å²) in [4.78, 5) is 11.9. The van der Waals surface area contributed by atoms with Gasteiger partial charge in [-0.15, -0.1) is 0 Å². The van der Waals surface area contributed by atoms with Crippen molar-refractivity contribution in [1.82, 2.24) is 10.6 Å². The van der Waals surface area contributed by atoms with Gasteiger partial charge in [-0.05, 0) is 49.1 Å². The Bertz CT molecular complexity index is 736. The van der Waals surface area contributed by atoms with Crippen LogP contribution in [-0.4, -0.2) is 25.6 Å². The molecular weight excluding hydrogens is 338 g/mol. The van der Waals surface area contributed by atoms with E-state index in [0.29, 0.717) is 18.8 Å². The van der Waals surface area contributed by atoms with Crippen LogP contribution in [0.2, 0.25) is 0 Å². The minimum absolute atomic E-state index is 0.270. The van der Waals surface area contributed by atoms with E-state index >= 15 is 0 Å². The number of aryl methyl sites for hydroxylation is 2. The van der Waals surface area contributed by atoms with E-state index in [9.17, 15) is 13.6 Å². The lowest BCUT2D eigenvalue weighted by atomic mass is 10.0. The van der Waals surface area contributed by atoms with Crippen LogP contribution in [-0.2, 0) is 13.0 Å². The van der Waals surface area contributed by atoms with Crippen molar-refractivity contribution in [1.29, 1.82) is 0 Å². The second kappa shape index (κ2) is 9.75. The Kier molecular flexibility index (Phi) is 7.38. The van der Waals surface area contributed by atoms with Crippen LogP contribution in [0, 0.1) is 13.8 Å². The Hall–Kier alpha value is -2.63. The highest BCUT2D eigenvalue weighted by Crippen LogP contribution is 2.14. The van der Waals surface area contributed by atoms with Crippen LogP contribution in [0.5, 0.6) is 5.75 Å². The first-order valence-corrected chi connectivity index (χ1v) is 8.52. The van der Waals surface area contributed by atoms with Gasteiger partial charge in [0.2, 0.25) is 0 Å². The minimum atomic E-state index is -2.51. The number of rotatable bonds is 8. The first kappa shape index (κ1) is 19.7. The van der Waals surface area contributed by atoms with Gasteiger partial charge in [-0.1, -0.05) is 35.9 Å². The average Bonchev–Trinajstić information content (AvgIpc) is 2.60. The van der Waals surface area contributed by atoms with Gasteiger partial charge in [-0.25, -0.2) is 13.6 Å². The zero-order valence-electron chi connectivity index (χ0n) is 15.0. The summed E-state index contributed by atoms with van der Waals surface area (Å²) in [6.45, 7) is 4.30. The third-order valence-corrected chi connectivity index (χ3v) is 3.91. The van der Waals surface area contributed by atoms with Gasteiger partial charge >= 0.3 is 6.03 Å². The smallest absolute Gasteiger partial charge is 0.315 e. The molecule has 140 valence electrons. The topological polar surface area (TPSA) is 50.4 Å². The highest BCUT2D eigenvalue weighted by atomic mass is 19.3. The van der Waals surface area contributed by atoms with Gasteiger partial charge in [0.15, 0.2) is 0 Å². The standard InChI is InChI=1S/C20H24F2N2O2/c1-14-6-7-17(15(2)10-14)8-9-23-20(25)24-12-16-4-3-5-18(11-16)26-13-19(21)22/h3-7,10-11,19H,8-9,12-13H2,1-2H3,(H2,23,24,25). The van der Waals surface area contributed by atoms with Gasteiger partial charge in [0.05, 0.1) is 0 Å². The summed E-state index contributed by atoms with van der Waals surface area (Å²) >= 11 is 0. The molecule has 0 saturated carbocycles. The largest absolute Gasteiger partial charge is 0.488 e.